The average Bonchev–Trinajstić information content (AvgIpc) is 2.71. The topological polar surface area (TPSA) is 65.5 Å². The van der Waals surface area contributed by atoms with Crippen LogP contribution in [0.15, 0.2) is 66.7 Å². The molecule has 0 saturated carbocycles. The van der Waals surface area contributed by atoms with Crippen LogP contribution in [0, 0.1) is 0 Å². The number of hydrogen-bond acceptors (Lipinski definition) is 5. The Hall–Kier alpha value is -3.47. The maximum absolute atomic E-state index is 12.4. The van der Waals surface area contributed by atoms with Gasteiger partial charge in [-0.15, -0.1) is 0 Å². The molecule has 0 saturated heterocycles. The van der Waals surface area contributed by atoms with Gasteiger partial charge in [-0.25, -0.2) is 9.78 Å². The number of ether oxygens (including phenoxy) is 2. The minimum absolute atomic E-state index is 0.174. The summed E-state index contributed by atoms with van der Waals surface area (Å²) in [5, 5.41) is 1.05. The highest BCUT2D eigenvalue weighted by Crippen LogP contribution is 2.16. The summed E-state index contributed by atoms with van der Waals surface area (Å²) in [5.74, 6) is -0.186. The van der Waals surface area contributed by atoms with E-state index >= 15 is 0 Å². The molecule has 0 N–H and O–H groups in total. The molecular weight excluding hydrogens is 342 g/mol. The Labute approximate surface area is 157 Å². The predicted molar refractivity (Wildman–Crippen MR) is 104 cm³/mol. The predicted octanol–water partition coefficient (Wildman–Crippen LogP) is 4.07. The molecule has 0 atom stereocenters. The third-order valence-electron chi connectivity index (χ3n) is 3.81. The number of carbonyl (C=O) groups is 2. The second-order valence-corrected chi connectivity index (χ2v) is 5.75. The monoisotopic (exact) mass is 361 g/mol. The van der Waals surface area contributed by atoms with E-state index in [9.17, 15) is 9.59 Å². The number of benzene rings is 2. The fourth-order valence-corrected chi connectivity index (χ4v) is 2.52. The van der Waals surface area contributed by atoms with Crippen molar-refractivity contribution in [1.29, 1.82) is 0 Å². The van der Waals surface area contributed by atoms with Gasteiger partial charge in [0.15, 0.2) is 12.4 Å². The van der Waals surface area contributed by atoms with E-state index in [1.165, 1.54) is 6.08 Å². The number of fused-ring (bicyclic) bond motifs is 1. The van der Waals surface area contributed by atoms with Gasteiger partial charge in [-0.2, -0.15) is 0 Å². The number of nitrogens with zero attached hydrogens (tertiary/aromatic N) is 1. The molecule has 0 aliphatic carbocycles. The van der Waals surface area contributed by atoms with Gasteiger partial charge < -0.3 is 9.47 Å². The van der Waals surface area contributed by atoms with E-state index in [0.717, 1.165) is 10.9 Å². The number of hydrogen-bond donors (Lipinski definition) is 0. The molecule has 3 rings (SSSR count). The Morgan fingerprint density at radius 1 is 1.04 bits per heavy atom. The van der Waals surface area contributed by atoms with E-state index in [-0.39, 0.29) is 12.4 Å². The zero-order valence-electron chi connectivity index (χ0n) is 14.9. The van der Waals surface area contributed by atoms with Gasteiger partial charge in [0.2, 0.25) is 0 Å². The summed E-state index contributed by atoms with van der Waals surface area (Å²) >= 11 is 0. The van der Waals surface area contributed by atoms with Crippen molar-refractivity contribution in [2.75, 3.05) is 13.2 Å². The van der Waals surface area contributed by atoms with Crippen molar-refractivity contribution in [3.63, 3.8) is 0 Å². The molecule has 1 aromatic heterocycles. The molecular formula is C22H19NO4. The quantitative estimate of drug-likeness (QED) is 0.360. The van der Waals surface area contributed by atoms with Crippen molar-refractivity contribution in [3.05, 3.63) is 78.0 Å². The third kappa shape index (κ3) is 5.01. The van der Waals surface area contributed by atoms with Crippen LogP contribution in [0.5, 0.6) is 5.75 Å². The summed E-state index contributed by atoms with van der Waals surface area (Å²) in [7, 11) is 0. The lowest BCUT2D eigenvalue weighted by atomic mass is 10.1. The molecule has 3 aromatic rings. The maximum atomic E-state index is 12.4. The minimum atomic E-state index is -0.448. The lowest BCUT2D eigenvalue weighted by Crippen LogP contribution is -2.14. The van der Waals surface area contributed by atoms with Crippen LogP contribution in [-0.4, -0.2) is 30.0 Å². The molecule has 0 amide bonds. The summed E-state index contributed by atoms with van der Waals surface area (Å²) in [6, 6.07) is 18.3. The van der Waals surface area contributed by atoms with E-state index in [1.54, 1.807) is 37.3 Å². The molecule has 0 unspecified atom stereocenters. The Morgan fingerprint density at radius 2 is 1.89 bits per heavy atom. The SMILES string of the molecule is CCOC(=O)COc1cccc(C(=O)/C=C/c2ccc3ccccc3n2)c1. The van der Waals surface area contributed by atoms with Crippen LogP contribution in [-0.2, 0) is 9.53 Å². The van der Waals surface area contributed by atoms with Gasteiger partial charge in [-0.3, -0.25) is 4.79 Å². The van der Waals surface area contributed by atoms with Crippen molar-refractivity contribution >= 4 is 28.7 Å². The van der Waals surface area contributed by atoms with Crippen molar-refractivity contribution in [2.24, 2.45) is 0 Å². The number of allylic oxidation sites excluding steroid dienone is 1. The Morgan fingerprint density at radius 3 is 2.74 bits per heavy atom. The van der Waals surface area contributed by atoms with E-state index in [0.29, 0.717) is 23.6 Å². The first-order chi connectivity index (χ1) is 13.2. The Bertz CT molecular complexity index is 994. The van der Waals surface area contributed by atoms with E-state index in [4.69, 9.17) is 9.47 Å². The van der Waals surface area contributed by atoms with Gasteiger partial charge in [0.05, 0.1) is 17.8 Å². The number of aromatic nitrogens is 1. The van der Waals surface area contributed by atoms with E-state index < -0.39 is 5.97 Å². The summed E-state index contributed by atoms with van der Waals surface area (Å²) in [6.45, 7) is 1.84. The van der Waals surface area contributed by atoms with Crippen LogP contribution in [0.25, 0.3) is 17.0 Å². The molecule has 0 radical (unpaired) electrons. The lowest BCUT2D eigenvalue weighted by molar-refractivity contribution is -0.145. The highest BCUT2D eigenvalue weighted by Gasteiger charge is 2.07. The van der Waals surface area contributed by atoms with E-state index in [2.05, 4.69) is 4.98 Å². The average molecular weight is 361 g/mol. The van der Waals surface area contributed by atoms with Crippen molar-refractivity contribution in [3.8, 4) is 5.75 Å². The lowest BCUT2D eigenvalue weighted by Gasteiger charge is -2.06. The number of rotatable bonds is 7. The van der Waals surface area contributed by atoms with E-state index in [1.807, 2.05) is 36.4 Å². The first-order valence-corrected chi connectivity index (χ1v) is 8.62. The molecule has 5 heteroatoms. The van der Waals surface area contributed by atoms with Gasteiger partial charge in [-0.1, -0.05) is 36.4 Å². The first kappa shape index (κ1) is 18.3. The van der Waals surface area contributed by atoms with Crippen LogP contribution in [0.2, 0.25) is 0 Å². The number of pyridine rings is 1. The molecule has 2 aromatic carbocycles. The van der Waals surface area contributed by atoms with Gasteiger partial charge in [0.25, 0.3) is 0 Å². The zero-order valence-corrected chi connectivity index (χ0v) is 14.9. The number of esters is 1. The first-order valence-electron chi connectivity index (χ1n) is 8.62. The van der Waals surface area contributed by atoms with Gasteiger partial charge in [-0.05, 0) is 43.3 Å². The van der Waals surface area contributed by atoms with Crippen LogP contribution in [0.1, 0.15) is 23.0 Å². The summed E-state index contributed by atoms with van der Waals surface area (Å²) in [6.07, 6.45) is 3.16. The zero-order chi connectivity index (χ0) is 19.1. The Balaban J connectivity index is 1.68. The molecule has 0 spiro atoms. The number of para-hydroxylation sites is 1. The summed E-state index contributed by atoms with van der Waals surface area (Å²) < 4.78 is 10.2. The molecule has 0 aliphatic rings. The van der Waals surface area contributed by atoms with Crippen LogP contribution in [0.4, 0.5) is 0 Å². The summed E-state index contributed by atoms with van der Waals surface area (Å²) in [5.41, 5.74) is 2.05. The van der Waals surface area contributed by atoms with Crippen LogP contribution in [0.3, 0.4) is 0 Å². The van der Waals surface area contributed by atoms with Gasteiger partial charge >= 0.3 is 5.97 Å². The Kier molecular flexibility index (Phi) is 5.94. The third-order valence-corrected chi connectivity index (χ3v) is 3.81. The number of ketones is 1. The largest absolute Gasteiger partial charge is 0.482 e. The molecule has 1 heterocycles. The van der Waals surface area contributed by atoms with Crippen LogP contribution >= 0.6 is 0 Å². The van der Waals surface area contributed by atoms with Crippen molar-refractivity contribution < 1.29 is 19.1 Å². The second kappa shape index (κ2) is 8.76. The molecule has 136 valence electrons. The van der Waals surface area contributed by atoms with Gasteiger partial charge in [0, 0.05) is 10.9 Å². The van der Waals surface area contributed by atoms with Crippen molar-refractivity contribution in [2.45, 2.75) is 6.92 Å². The molecule has 0 fully saturated rings. The van der Waals surface area contributed by atoms with Crippen LogP contribution < -0.4 is 4.74 Å². The molecule has 5 nitrogen and oxygen atoms in total. The number of carbonyl (C=O) groups excluding carboxylic acids is 2. The standard InChI is InChI=1S/C22H19NO4/c1-2-26-22(25)15-27-19-8-5-7-17(14-19)21(24)13-12-18-11-10-16-6-3-4-9-20(16)23-18/h3-14H,2,15H2,1H3/b13-12+. The smallest absolute Gasteiger partial charge is 0.344 e. The highest BCUT2D eigenvalue weighted by molar-refractivity contribution is 6.07. The molecule has 0 bridgehead atoms. The minimum Gasteiger partial charge on any atom is -0.482 e. The van der Waals surface area contributed by atoms with Crippen molar-refractivity contribution in [1.82, 2.24) is 4.98 Å². The second-order valence-electron chi connectivity index (χ2n) is 5.75. The normalized spacial score (nSPS) is 10.9. The highest BCUT2D eigenvalue weighted by atomic mass is 16.6. The summed E-state index contributed by atoms with van der Waals surface area (Å²) in [4.78, 5) is 28.3. The van der Waals surface area contributed by atoms with Gasteiger partial charge in [0.1, 0.15) is 5.75 Å². The fourth-order valence-electron chi connectivity index (χ4n) is 2.52. The maximum Gasteiger partial charge on any atom is 0.344 e. The molecule has 0 aliphatic heterocycles. The molecule has 27 heavy (non-hydrogen) atoms. The fraction of sp³-hybridized carbons (Fsp3) is 0.136.